The van der Waals surface area contributed by atoms with Gasteiger partial charge in [-0.15, -0.1) is 11.3 Å². The fourth-order valence-corrected chi connectivity index (χ4v) is 5.13. The first-order chi connectivity index (χ1) is 14.0. The number of thiophene rings is 1. The van der Waals surface area contributed by atoms with Crippen LogP contribution in [0.3, 0.4) is 0 Å². The third-order valence-corrected chi connectivity index (χ3v) is 6.60. The number of hydrogen-bond acceptors (Lipinski definition) is 5. The SMILES string of the molecule is Cc1cc(C)c2c(NC(=O)c3ccccc3Br)c(C(=O)N3CCOCC3)sc2n1. The van der Waals surface area contributed by atoms with Gasteiger partial charge >= 0.3 is 0 Å². The van der Waals surface area contributed by atoms with Crippen LogP contribution in [0.15, 0.2) is 34.8 Å². The van der Waals surface area contributed by atoms with Crippen molar-refractivity contribution in [3.8, 4) is 0 Å². The zero-order chi connectivity index (χ0) is 20.5. The average Bonchev–Trinajstić information content (AvgIpc) is 3.06. The van der Waals surface area contributed by atoms with E-state index in [2.05, 4.69) is 26.2 Å². The van der Waals surface area contributed by atoms with Crippen LogP contribution >= 0.6 is 27.3 Å². The van der Waals surface area contributed by atoms with Crippen molar-refractivity contribution < 1.29 is 14.3 Å². The fourth-order valence-electron chi connectivity index (χ4n) is 3.45. The largest absolute Gasteiger partial charge is 0.378 e. The van der Waals surface area contributed by atoms with Crippen molar-refractivity contribution >= 4 is 55.0 Å². The number of anilines is 1. The van der Waals surface area contributed by atoms with Crippen molar-refractivity contribution in [1.29, 1.82) is 0 Å². The minimum absolute atomic E-state index is 0.101. The second kappa shape index (κ2) is 8.22. The average molecular weight is 474 g/mol. The summed E-state index contributed by atoms with van der Waals surface area (Å²) in [6.45, 7) is 6.01. The normalized spacial score (nSPS) is 14.2. The van der Waals surface area contributed by atoms with E-state index in [-0.39, 0.29) is 11.8 Å². The van der Waals surface area contributed by atoms with Gasteiger partial charge in [0.2, 0.25) is 0 Å². The number of morpholine rings is 1. The maximum atomic E-state index is 13.3. The van der Waals surface area contributed by atoms with Gasteiger partial charge < -0.3 is 15.0 Å². The third kappa shape index (κ3) is 3.92. The molecule has 3 aromatic rings. The lowest BCUT2D eigenvalue weighted by atomic mass is 10.1. The van der Waals surface area contributed by atoms with Gasteiger partial charge in [0.1, 0.15) is 9.71 Å². The van der Waals surface area contributed by atoms with Crippen LogP contribution in [0.1, 0.15) is 31.3 Å². The van der Waals surface area contributed by atoms with Gasteiger partial charge in [0.05, 0.1) is 24.5 Å². The molecule has 1 aliphatic heterocycles. The number of aromatic nitrogens is 1. The maximum absolute atomic E-state index is 13.3. The first-order valence-corrected chi connectivity index (χ1v) is 10.9. The summed E-state index contributed by atoms with van der Waals surface area (Å²) in [5.41, 5.74) is 2.90. The smallest absolute Gasteiger partial charge is 0.266 e. The minimum atomic E-state index is -0.270. The molecule has 1 N–H and O–H groups in total. The predicted octanol–water partition coefficient (Wildman–Crippen LogP) is 4.40. The molecule has 150 valence electrons. The van der Waals surface area contributed by atoms with Crippen LogP contribution in [-0.4, -0.2) is 48.0 Å². The molecule has 0 atom stereocenters. The Morgan fingerprint density at radius 2 is 1.93 bits per heavy atom. The zero-order valence-corrected chi connectivity index (χ0v) is 18.5. The topological polar surface area (TPSA) is 71.5 Å². The van der Waals surface area contributed by atoms with E-state index in [9.17, 15) is 9.59 Å². The summed E-state index contributed by atoms with van der Waals surface area (Å²) in [5, 5.41) is 3.81. The molecule has 1 aromatic carbocycles. The highest BCUT2D eigenvalue weighted by molar-refractivity contribution is 9.10. The number of pyridine rings is 1. The molecule has 6 nitrogen and oxygen atoms in total. The Labute approximate surface area is 181 Å². The van der Waals surface area contributed by atoms with Gasteiger partial charge in [-0.2, -0.15) is 0 Å². The van der Waals surface area contributed by atoms with Gasteiger partial charge in [0, 0.05) is 28.6 Å². The van der Waals surface area contributed by atoms with Crippen molar-refractivity contribution in [2.24, 2.45) is 0 Å². The molecule has 4 rings (SSSR count). The number of hydrogen-bond donors (Lipinski definition) is 1. The van der Waals surface area contributed by atoms with Crippen molar-refractivity contribution in [2.45, 2.75) is 13.8 Å². The quantitative estimate of drug-likeness (QED) is 0.611. The van der Waals surface area contributed by atoms with Gasteiger partial charge in [-0.25, -0.2) is 4.98 Å². The number of aryl methyl sites for hydroxylation is 2. The molecule has 3 heterocycles. The molecule has 0 bridgehead atoms. The van der Waals surface area contributed by atoms with Gasteiger partial charge in [-0.3, -0.25) is 9.59 Å². The Morgan fingerprint density at radius 1 is 1.21 bits per heavy atom. The highest BCUT2D eigenvalue weighted by Gasteiger charge is 2.27. The molecule has 2 aromatic heterocycles. The van der Waals surface area contributed by atoms with Crippen molar-refractivity contribution in [1.82, 2.24) is 9.88 Å². The molecule has 0 unspecified atom stereocenters. The Bertz CT molecular complexity index is 1110. The molecular weight excluding hydrogens is 454 g/mol. The number of halogens is 1. The summed E-state index contributed by atoms with van der Waals surface area (Å²) in [4.78, 5) is 33.9. The molecule has 1 aliphatic rings. The summed E-state index contributed by atoms with van der Waals surface area (Å²) in [7, 11) is 0. The fraction of sp³-hybridized carbons (Fsp3) is 0.286. The monoisotopic (exact) mass is 473 g/mol. The first kappa shape index (κ1) is 20.0. The molecule has 0 spiro atoms. The Balaban J connectivity index is 1.80. The van der Waals surface area contributed by atoms with Gasteiger partial charge in [0.25, 0.3) is 11.8 Å². The van der Waals surface area contributed by atoms with Gasteiger partial charge in [-0.05, 0) is 53.5 Å². The minimum Gasteiger partial charge on any atom is -0.378 e. The summed E-state index contributed by atoms with van der Waals surface area (Å²) in [5.74, 6) is -0.371. The van der Waals surface area contributed by atoms with Crippen LogP contribution in [0.2, 0.25) is 0 Å². The highest BCUT2D eigenvalue weighted by atomic mass is 79.9. The molecule has 8 heteroatoms. The number of nitrogens with one attached hydrogen (secondary N) is 1. The van der Waals surface area contributed by atoms with Crippen LogP contribution in [0, 0.1) is 13.8 Å². The number of fused-ring (bicyclic) bond motifs is 1. The van der Waals surface area contributed by atoms with E-state index in [1.54, 1.807) is 17.0 Å². The number of nitrogens with zero attached hydrogens (tertiary/aromatic N) is 2. The van der Waals surface area contributed by atoms with E-state index in [0.717, 1.165) is 21.5 Å². The molecule has 0 aliphatic carbocycles. The van der Waals surface area contributed by atoms with Crippen molar-refractivity contribution in [3.05, 3.63) is 56.5 Å². The van der Waals surface area contributed by atoms with Crippen LogP contribution in [0.25, 0.3) is 10.2 Å². The highest BCUT2D eigenvalue weighted by Crippen LogP contribution is 2.38. The van der Waals surface area contributed by atoms with Gasteiger partial charge in [0.15, 0.2) is 0 Å². The van der Waals surface area contributed by atoms with E-state index >= 15 is 0 Å². The first-order valence-electron chi connectivity index (χ1n) is 9.29. The number of ether oxygens (including phenoxy) is 1. The molecule has 29 heavy (non-hydrogen) atoms. The van der Waals surface area contributed by atoms with Crippen LogP contribution in [0.5, 0.6) is 0 Å². The summed E-state index contributed by atoms with van der Waals surface area (Å²) < 4.78 is 6.07. The number of rotatable bonds is 3. The van der Waals surface area contributed by atoms with E-state index in [1.807, 2.05) is 32.0 Å². The number of carbonyl (C=O) groups excluding carboxylic acids is 2. The van der Waals surface area contributed by atoms with Crippen LogP contribution < -0.4 is 5.32 Å². The summed E-state index contributed by atoms with van der Waals surface area (Å²) in [6.07, 6.45) is 0. The molecular formula is C21H20BrN3O3S. The second-order valence-electron chi connectivity index (χ2n) is 6.91. The molecule has 1 fully saturated rings. The van der Waals surface area contributed by atoms with E-state index in [0.29, 0.717) is 46.9 Å². The van der Waals surface area contributed by atoms with Gasteiger partial charge in [-0.1, -0.05) is 12.1 Å². The molecule has 0 saturated carbocycles. The predicted molar refractivity (Wildman–Crippen MR) is 118 cm³/mol. The van der Waals surface area contributed by atoms with Crippen molar-refractivity contribution in [3.63, 3.8) is 0 Å². The number of amides is 2. The standard InChI is InChI=1S/C21H20BrN3O3S/c1-12-11-13(2)23-20-16(12)17(24-19(26)14-5-3-4-6-15(14)22)18(29-20)21(27)25-7-9-28-10-8-25/h3-6,11H,7-10H2,1-2H3,(H,24,26). The van der Waals surface area contributed by atoms with Crippen LogP contribution in [0.4, 0.5) is 5.69 Å². The van der Waals surface area contributed by atoms with Crippen molar-refractivity contribution in [2.75, 3.05) is 31.6 Å². The van der Waals surface area contributed by atoms with Crippen LogP contribution in [-0.2, 0) is 4.74 Å². The lowest BCUT2D eigenvalue weighted by Crippen LogP contribution is -2.40. The Hall–Kier alpha value is -2.29. The Morgan fingerprint density at radius 3 is 2.66 bits per heavy atom. The lowest BCUT2D eigenvalue weighted by molar-refractivity contribution is 0.0307. The second-order valence-corrected chi connectivity index (χ2v) is 8.76. The summed E-state index contributed by atoms with van der Waals surface area (Å²) in [6, 6.07) is 9.18. The van der Waals surface area contributed by atoms with E-state index < -0.39 is 0 Å². The van der Waals surface area contributed by atoms with E-state index in [1.165, 1.54) is 11.3 Å². The zero-order valence-electron chi connectivity index (χ0n) is 16.1. The molecule has 2 amide bonds. The number of carbonyl (C=O) groups is 2. The molecule has 1 saturated heterocycles. The third-order valence-electron chi connectivity index (χ3n) is 4.84. The molecule has 0 radical (unpaired) electrons. The van der Waals surface area contributed by atoms with E-state index in [4.69, 9.17) is 4.74 Å². The summed E-state index contributed by atoms with van der Waals surface area (Å²) >= 11 is 4.75. The lowest BCUT2D eigenvalue weighted by Gasteiger charge is -2.26. The maximum Gasteiger partial charge on any atom is 0.266 e. The number of benzene rings is 1. The Kier molecular flexibility index (Phi) is 5.67.